The highest BCUT2D eigenvalue weighted by Gasteiger charge is 2.51. The van der Waals surface area contributed by atoms with Gasteiger partial charge in [-0.2, -0.15) is 0 Å². The molecule has 1 aromatic rings. The fraction of sp³-hybridized carbons (Fsp3) is 0.727. The van der Waals surface area contributed by atoms with Crippen molar-refractivity contribution < 1.29 is 5.11 Å². The molecule has 0 saturated heterocycles. The summed E-state index contributed by atoms with van der Waals surface area (Å²) in [6.45, 7) is 7.15. The molecule has 2 fully saturated rings. The van der Waals surface area contributed by atoms with Gasteiger partial charge in [0.2, 0.25) is 0 Å². The number of aliphatic hydroxyl groups is 1. The average Bonchev–Trinajstić information content (AvgIpc) is 2.55. The van der Waals surface area contributed by atoms with E-state index in [1.807, 2.05) is 0 Å². The second-order valence-corrected chi connectivity index (χ2v) is 8.74. The number of hydrogen-bond donors (Lipinski definition) is 1. The number of fused-ring (bicyclic) bond motifs is 5. The van der Waals surface area contributed by atoms with Crippen LogP contribution in [0, 0.1) is 24.2 Å². The van der Waals surface area contributed by atoms with Crippen molar-refractivity contribution >= 4 is 0 Å². The predicted octanol–water partition coefficient (Wildman–Crippen LogP) is 5.16. The minimum atomic E-state index is -0.0326. The summed E-state index contributed by atoms with van der Waals surface area (Å²) in [5.74, 6) is 2.37. The van der Waals surface area contributed by atoms with Crippen molar-refractivity contribution in [2.75, 3.05) is 0 Å². The van der Waals surface area contributed by atoms with Crippen molar-refractivity contribution in [2.45, 2.75) is 84.2 Å². The van der Waals surface area contributed by atoms with Crippen molar-refractivity contribution in [3.63, 3.8) is 0 Å². The van der Waals surface area contributed by atoms with E-state index in [-0.39, 0.29) is 6.10 Å². The van der Waals surface area contributed by atoms with Crippen LogP contribution in [0.2, 0.25) is 0 Å². The maximum absolute atomic E-state index is 10.1. The number of rotatable bonds is 1. The second kappa shape index (κ2) is 5.62. The molecule has 0 radical (unpaired) electrons. The van der Waals surface area contributed by atoms with Crippen LogP contribution in [0.5, 0.6) is 0 Å². The van der Waals surface area contributed by atoms with Gasteiger partial charge in [0.1, 0.15) is 0 Å². The minimum Gasteiger partial charge on any atom is -0.393 e. The highest BCUT2D eigenvalue weighted by Crippen LogP contribution is 2.61. The number of aliphatic hydroxyl groups excluding tert-OH is 1. The first-order valence-corrected chi connectivity index (χ1v) is 9.84. The van der Waals surface area contributed by atoms with Crippen molar-refractivity contribution in [3.05, 3.63) is 34.4 Å². The van der Waals surface area contributed by atoms with Crippen LogP contribution in [-0.4, -0.2) is 11.2 Å². The maximum Gasteiger partial charge on any atom is 0.0543 e. The quantitative estimate of drug-likeness (QED) is 0.759. The highest BCUT2D eigenvalue weighted by molar-refractivity contribution is 5.45. The van der Waals surface area contributed by atoms with Crippen LogP contribution in [0.25, 0.3) is 0 Å². The lowest BCUT2D eigenvalue weighted by molar-refractivity contribution is -0.0606. The van der Waals surface area contributed by atoms with Gasteiger partial charge in [0.05, 0.1) is 6.10 Å². The van der Waals surface area contributed by atoms with Crippen molar-refractivity contribution in [1.29, 1.82) is 0 Å². The minimum absolute atomic E-state index is 0.0326. The molecule has 126 valence electrons. The van der Waals surface area contributed by atoms with Crippen LogP contribution in [0.1, 0.15) is 80.5 Å². The molecule has 1 aromatic carbocycles. The summed E-state index contributed by atoms with van der Waals surface area (Å²) in [5, 5.41) is 10.1. The summed E-state index contributed by atoms with van der Waals surface area (Å²) < 4.78 is 0. The molecule has 5 atom stereocenters. The lowest BCUT2D eigenvalue weighted by Crippen LogP contribution is -2.48. The number of hydrogen-bond acceptors (Lipinski definition) is 1. The Balaban J connectivity index is 1.72. The topological polar surface area (TPSA) is 20.2 Å². The van der Waals surface area contributed by atoms with Crippen LogP contribution in [0.4, 0.5) is 0 Å². The fourth-order valence-corrected chi connectivity index (χ4v) is 6.54. The van der Waals surface area contributed by atoms with E-state index in [9.17, 15) is 5.11 Å². The molecule has 4 rings (SSSR count). The maximum atomic E-state index is 10.1. The van der Waals surface area contributed by atoms with Gasteiger partial charge in [0.25, 0.3) is 0 Å². The average molecular weight is 312 g/mol. The number of aryl methyl sites for hydroxylation is 1. The molecule has 0 unspecified atom stereocenters. The van der Waals surface area contributed by atoms with E-state index >= 15 is 0 Å². The van der Waals surface area contributed by atoms with Crippen molar-refractivity contribution in [2.24, 2.45) is 17.3 Å². The third-order valence-corrected chi connectivity index (χ3v) is 7.82. The molecule has 1 heteroatoms. The van der Waals surface area contributed by atoms with Gasteiger partial charge in [-0.1, -0.05) is 26.0 Å². The predicted molar refractivity (Wildman–Crippen MR) is 95.8 cm³/mol. The summed E-state index contributed by atoms with van der Waals surface area (Å²) in [6.07, 6.45) is 9.79. The van der Waals surface area contributed by atoms with E-state index < -0.39 is 0 Å². The van der Waals surface area contributed by atoms with Gasteiger partial charge in [-0.3, -0.25) is 0 Å². The SMILES string of the molecule is CCc1c(C)ccc2c1CC[C@@H]1[C@@H]2CC[C@@H]2C[C@@H](O)CC[C@@]21C. The third-order valence-electron chi connectivity index (χ3n) is 7.82. The largest absolute Gasteiger partial charge is 0.393 e. The Labute approximate surface area is 141 Å². The van der Waals surface area contributed by atoms with Crippen LogP contribution in [-0.2, 0) is 12.8 Å². The van der Waals surface area contributed by atoms with Gasteiger partial charge in [-0.05, 0) is 104 Å². The lowest BCUT2D eigenvalue weighted by atomic mass is 9.49. The molecule has 3 aliphatic carbocycles. The van der Waals surface area contributed by atoms with Crippen molar-refractivity contribution in [1.82, 2.24) is 0 Å². The van der Waals surface area contributed by atoms with Crippen LogP contribution < -0.4 is 0 Å². The van der Waals surface area contributed by atoms with Crippen molar-refractivity contribution in [3.8, 4) is 0 Å². The molecule has 0 aromatic heterocycles. The molecule has 1 N–H and O–H groups in total. The molecular formula is C22H32O. The van der Waals surface area contributed by atoms with E-state index in [1.54, 1.807) is 16.7 Å². The second-order valence-electron chi connectivity index (χ2n) is 8.74. The normalized spacial score (nSPS) is 39.3. The summed E-state index contributed by atoms with van der Waals surface area (Å²) in [6, 6.07) is 4.83. The summed E-state index contributed by atoms with van der Waals surface area (Å²) >= 11 is 0. The molecule has 0 amide bonds. The van der Waals surface area contributed by atoms with Gasteiger partial charge in [-0.25, -0.2) is 0 Å². The highest BCUT2D eigenvalue weighted by atomic mass is 16.3. The zero-order chi connectivity index (χ0) is 16.2. The molecule has 1 nitrogen and oxygen atoms in total. The first-order chi connectivity index (χ1) is 11.0. The first-order valence-electron chi connectivity index (χ1n) is 9.84. The van der Waals surface area contributed by atoms with Crippen LogP contribution in [0.3, 0.4) is 0 Å². The molecule has 0 heterocycles. The summed E-state index contributed by atoms with van der Waals surface area (Å²) in [4.78, 5) is 0. The fourth-order valence-electron chi connectivity index (χ4n) is 6.54. The zero-order valence-electron chi connectivity index (χ0n) is 15.1. The molecular weight excluding hydrogens is 280 g/mol. The van der Waals surface area contributed by atoms with Crippen LogP contribution >= 0.6 is 0 Å². The van der Waals surface area contributed by atoms with E-state index in [0.717, 1.165) is 30.6 Å². The molecule has 0 aliphatic heterocycles. The van der Waals surface area contributed by atoms with Gasteiger partial charge in [-0.15, -0.1) is 0 Å². The Kier molecular flexibility index (Phi) is 3.83. The van der Waals surface area contributed by atoms with E-state index in [0.29, 0.717) is 5.41 Å². The van der Waals surface area contributed by atoms with Gasteiger partial charge in [0, 0.05) is 0 Å². The standard InChI is InChI=1S/C22H32O/c1-4-17-14(2)5-7-19-18(17)9-10-21-20(19)8-6-15-13-16(23)11-12-22(15,21)3/h5,7,15-16,20-21,23H,4,6,8-13H2,1-3H3/t15-,16+,20-,21-,22+/m1/s1. The lowest BCUT2D eigenvalue weighted by Gasteiger charge is -2.56. The smallest absolute Gasteiger partial charge is 0.0543 e. The zero-order valence-corrected chi connectivity index (χ0v) is 15.1. The van der Waals surface area contributed by atoms with E-state index in [2.05, 4.69) is 32.9 Å². The van der Waals surface area contributed by atoms with Crippen LogP contribution in [0.15, 0.2) is 12.1 Å². The Morgan fingerprint density at radius 1 is 1.17 bits per heavy atom. The Hall–Kier alpha value is -0.820. The summed E-state index contributed by atoms with van der Waals surface area (Å²) in [7, 11) is 0. The Morgan fingerprint density at radius 3 is 2.78 bits per heavy atom. The molecule has 0 spiro atoms. The first kappa shape index (κ1) is 15.7. The van der Waals surface area contributed by atoms with Gasteiger partial charge < -0.3 is 5.11 Å². The Morgan fingerprint density at radius 2 is 2.00 bits per heavy atom. The van der Waals surface area contributed by atoms with Gasteiger partial charge in [0.15, 0.2) is 0 Å². The molecule has 0 bridgehead atoms. The molecule has 23 heavy (non-hydrogen) atoms. The van der Waals surface area contributed by atoms with E-state index in [4.69, 9.17) is 0 Å². The number of benzene rings is 1. The molecule has 3 aliphatic rings. The Bertz CT molecular complexity index is 604. The van der Waals surface area contributed by atoms with E-state index in [1.165, 1.54) is 44.1 Å². The molecule has 2 saturated carbocycles. The van der Waals surface area contributed by atoms with Gasteiger partial charge >= 0.3 is 0 Å². The third kappa shape index (κ3) is 2.30. The summed E-state index contributed by atoms with van der Waals surface area (Å²) in [5.41, 5.74) is 6.98. The monoisotopic (exact) mass is 312 g/mol.